The first-order valence-corrected chi connectivity index (χ1v) is 10.1. The van der Waals surface area contributed by atoms with Gasteiger partial charge in [-0.05, 0) is 31.8 Å². The normalized spacial score (nSPS) is 22.7. The van der Waals surface area contributed by atoms with Gasteiger partial charge in [0.15, 0.2) is 0 Å². The minimum atomic E-state index is -4.45. The van der Waals surface area contributed by atoms with Gasteiger partial charge in [0.2, 0.25) is 5.95 Å². The maximum Gasteiger partial charge on any atom is 0.408 e. The van der Waals surface area contributed by atoms with Crippen LogP contribution in [0.4, 0.5) is 24.9 Å². The second-order valence-corrected chi connectivity index (χ2v) is 8.12. The van der Waals surface area contributed by atoms with Gasteiger partial charge in [-0.2, -0.15) is 18.2 Å². The van der Waals surface area contributed by atoms with Crippen LogP contribution in [0, 0.1) is 6.92 Å². The lowest BCUT2D eigenvalue weighted by molar-refractivity contribution is -0.153. The molecule has 8 nitrogen and oxygen atoms in total. The van der Waals surface area contributed by atoms with E-state index < -0.39 is 12.2 Å². The van der Waals surface area contributed by atoms with Gasteiger partial charge in [-0.15, -0.1) is 5.10 Å². The van der Waals surface area contributed by atoms with Crippen LogP contribution in [-0.2, 0) is 17.8 Å². The molecule has 4 rings (SSSR count). The molecule has 12 heteroatoms. The predicted molar refractivity (Wildman–Crippen MR) is 101 cm³/mol. The van der Waals surface area contributed by atoms with Gasteiger partial charge >= 0.3 is 6.18 Å². The number of rotatable bonds is 3. The van der Waals surface area contributed by atoms with Crippen molar-refractivity contribution in [1.82, 2.24) is 19.1 Å². The summed E-state index contributed by atoms with van der Waals surface area (Å²) in [5.74, 6) is 0.414. The minimum Gasteiger partial charge on any atom is -0.377 e. The summed E-state index contributed by atoms with van der Waals surface area (Å²) in [5, 5.41) is 3.89. The number of hydrogen-bond acceptors (Lipinski definition) is 8. The number of morpholine rings is 1. The average Bonchev–Trinajstić information content (AvgIpc) is 3.06. The van der Waals surface area contributed by atoms with E-state index in [-0.39, 0.29) is 37.1 Å². The molecular weight excluding hydrogens is 409 g/mol. The lowest BCUT2D eigenvalue weighted by Crippen LogP contribution is -2.52. The van der Waals surface area contributed by atoms with Crippen LogP contribution in [0.15, 0.2) is 10.9 Å². The highest BCUT2D eigenvalue weighted by Gasteiger charge is 2.47. The molecule has 2 aliphatic heterocycles. The molecule has 0 bridgehead atoms. The third-order valence-electron chi connectivity index (χ3n) is 5.33. The average molecular weight is 430 g/mol. The highest BCUT2D eigenvalue weighted by molar-refractivity contribution is 7.05. The van der Waals surface area contributed by atoms with Gasteiger partial charge < -0.3 is 14.5 Å². The number of anilines is 2. The number of hydrogen-bond donors (Lipinski definition) is 0. The topological polar surface area (TPSA) is 76.4 Å². The fourth-order valence-corrected chi connectivity index (χ4v) is 4.38. The SMILES string of the molecule is Cc1nnsc1CN1c2nc(N3CCOCC3C)cc(=O)n2CCC1C(F)(F)F. The van der Waals surface area contributed by atoms with E-state index in [0.29, 0.717) is 36.1 Å². The van der Waals surface area contributed by atoms with E-state index >= 15 is 0 Å². The fraction of sp³-hybridized carbons (Fsp3) is 0.647. The number of halogens is 3. The zero-order chi connectivity index (χ0) is 20.8. The summed E-state index contributed by atoms with van der Waals surface area (Å²) in [6, 6.07) is -0.355. The maximum absolute atomic E-state index is 13.8. The summed E-state index contributed by atoms with van der Waals surface area (Å²) in [4.78, 5) is 21.0. The van der Waals surface area contributed by atoms with Crippen LogP contribution in [0.1, 0.15) is 23.9 Å². The minimum absolute atomic E-state index is 0.0258. The van der Waals surface area contributed by atoms with Crippen LogP contribution in [0.3, 0.4) is 0 Å². The van der Waals surface area contributed by atoms with Crippen LogP contribution in [0.25, 0.3) is 0 Å². The van der Waals surface area contributed by atoms with Gasteiger partial charge in [0, 0.05) is 19.2 Å². The van der Waals surface area contributed by atoms with E-state index in [9.17, 15) is 18.0 Å². The Morgan fingerprint density at radius 3 is 2.79 bits per heavy atom. The zero-order valence-electron chi connectivity index (χ0n) is 16.0. The molecule has 0 radical (unpaired) electrons. The van der Waals surface area contributed by atoms with Crippen molar-refractivity contribution >= 4 is 23.3 Å². The third-order valence-corrected chi connectivity index (χ3v) is 6.14. The quantitative estimate of drug-likeness (QED) is 0.737. The molecule has 1 saturated heterocycles. The lowest BCUT2D eigenvalue weighted by Gasteiger charge is -2.40. The van der Waals surface area contributed by atoms with Gasteiger partial charge in [-0.3, -0.25) is 9.36 Å². The molecule has 0 aliphatic carbocycles. The Morgan fingerprint density at radius 1 is 1.34 bits per heavy atom. The van der Waals surface area contributed by atoms with Crippen molar-refractivity contribution in [1.29, 1.82) is 0 Å². The largest absolute Gasteiger partial charge is 0.408 e. The van der Waals surface area contributed by atoms with E-state index in [1.165, 1.54) is 15.5 Å². The molecule has 0 N–H and O–H groups in total. The highest BCUT2D eigenvalue weighted by Crippen LogP contribution is 2.36. The second kappa shape index (κ2) is 7.56. The second-order valence-electron chi connectivity index (χ2n) is 7.28. The fourth-order valence-electron chi connectivity index (χ4n) is 3.74. The van der Waals surface area contributed by atoms with Crippen molar-refractivity contribution in [3.05, 3.63) is 27.0 Å². The van der Waals surface area contributed by atoms with Crippen LogP contribution in [0.2, 0.25) is 0 Å². The number of ether oxygens (including phenoxy) is 1. The van der Waals surface area contributed by atoms with Gasteiger partial charge in [0.05, 0.1) is 36.4 Å². The number of aryl methyl sites for hydroxylation is 1. The number of nitrogens with zero attached hydrogens (tertiary/aromatic N) is 6. The van der Waals surface area contributed by atoms with E-state index in [1.54, 1.807) is 6.92 Å². The van der Waals surface area contributed by atoms with Crippen molar-refractivity contribution in [2.75, 3.05) is 29.6 Å². The smallest absolute Gasteiger partial charge is 0.377 e. The van der Waals surface area contributed by atoms with E-state index in [0.717, 1.165) is 11.5 Å². The number of aromatic nitrogens is 4. The first-order chi connectivity index (χ1) is 13.8. The Hall–Kier alpha value is -2.21. The molecule has 2 aromatic rings. The van der Waals surface area contributed by atoms with Crippen LogP contribution >= 0.6 is 11.5 Å². The van der Waals surface area contributed by atoms with Crippen LogP contribution < -0.4 is 15.4 Å². The van der Waals surface area contributed by atoms with Gasteiger partial charge in [0.25, 0.3) is 5.56 Å². The molecule has 0 amide bonds. The first-order valence-electron chi connectivity index (χ1n) is 9.33. The van der Waals surface area contributed by atoms with Crippen molar-refractivity contribution in [2.24, 2.45) is 0 Å². The Kier molecular flexibility index (Phi) is 5.23. The van der Waals surface area contributed by atoms with Crippen molar-refractivity contribution in [3.8, 4) is 0 Å². The monoisotopic (exact) mass is 430 g/mol. The lowest BCUT2D eigenvalue weighted by atomic mass is 10.1. The van der Waals surface area contributed by atoms with Gasteiger partial charge in [0.1, 0.15) is 11.9 Å². The summed E-state index contributed by atoms with van der Waals surface area (Å²) < 4.78 is 52.0. The first kappa shape index (κ1) is 20.1. The number of alkyl halides is 3. The van der Waals surface area contributed by atoms with E-state index in [2.05, 4.69) is 14.6 Å². The predicted octanol–water partition coefficient (Wildman–Crippen LogP) is 1.97. The molecule has 2 aliphatic rings. The Labute approximate surface area is 169 Å². The Balaban J connectivity index is 1.79. The van der Waals surface area contributed by atoms with E-state index in [1.807, 2.05) is 11.8 Å². The zero-order valence-corrected chi connectivity index (χ0v) is 16.8. The van der Waals surface area contributed by atoms with E-state index in [4.69, 9.17) is 4.74 Å². The highest BCUT2D eigenvalue weighted by atomic mass is 32.1. The maximum atomic E-state index is 13.8. The number of fused-ring (bicyclic) bond motifs is 1. The van der Waals surface area contributed by atoms with Crippen molar-refractivity contribution in [2.45, 2.75) is 51.6 Å². The standard InChI is InChI=1S/C17H21F3N6O2S/c1-10-9-28-6-5-24(10)14-7-15(27)25-4-3-13(17(18,19)20)26(16(25)21-14)8-12-11(2)22-23-29-12/h7,10,13H,3-6,8-9H2,1-2H3. The Bertz CT molecular complexity index is 946. The summed E-state index contributed by atoms with van der Waals surface area (Å²) in [6.07, 6.45) is -4.66. The van der Waals surface area contributed by atoms with Crippen LogP contribution in [-0.4, -0.2) is 57.2 Å². The summed E-state index contributed by atoms with van der Waals surface area (Å²) >= 11 is 1.06. The van der Waals surface area contributed by atoms with Crippen molar-refractivity contribution < 1.29 is 17.9 Å². The molecule has 0 aromatic carbocycles. The molecule has 158 valence electrons. The molecule has 2 atom stereocenters. The Morgan fingerprint density at radius 2 is 2.14 bits per heavy atom. The molecule has 2 aromatic heterocycles. The van der Waals surface area contributed by atoms with Gasteiger partial charge in [-0.25, -0.2) is 0 Å². The molecule has 1 fully saturated rings. The van der Waals surface area contributed by atoms with Gasteiger partial charge in [-0.1, -0.05) is 4.49 Å². The molecule has 29 heavy (non-hydrogen) atoms. The summed E-state index contributed by atoms with van der Waals surface area (Å²) in [7, 11) is 0. The molecule has 0 saturated carbocycles. The molecule has 4 heterocycles. The summed E-state index contributed by atoms with van der Waals surface area (Å²) in [5.41, 5.74) is 0.224. The third kappa shape index (κ3) is 3.82. The molecule has 2 unspecified atom stereocenters. The van der Waals surface area contributed by atoms with Crippen LogP contribution in [0.5, 0.6) is 0 Å². The van der Waals surface area contributed by atoms with Crippen molar-refractivity contribution in [3.63, 3.8) is 0 Å². The molecule has 0 spiro atoms. The summed E-state index contributed by atoms with van der Waals surface area (Å²) in [6.45, 7) is 5.03. The molecular formula is C17H21F3N6O2S.